The molecule has 0 fully saturated rings. The molecule has 0 saturated carbocycles. The third-order valence-corrected chi connectivity index (χ3v) is 7.80. The molecule has 4 heterocycles. The van der Waals surface area contributed by atoms with E-state index in [1.165, 1.54) is 43.0 Å². The SMILES string of the molecule is O=C(Nc1cc(CCCc2cc(NC(=O)c3ccc(-n4ccnc4)nn3)c(C(=O)O)cc2Cl)ccc1C(=O)O)c1ccc(-n2ccnc2)nn1. The van der Waals surface area contributed by atoms with E-state index in [0.717, 1.165) is 5.56 Å². The Balaban J connectivity index is 1.13. The van der Waals surface area contributed by atoms with Gasteiger partial charge in [-0.05, 0) is 78.9 Å². The number of aromatic nitrogens is 8. The van der Waals surface area contributed by atoms with Gasteiger partial charge in [0, 0.05) is 29.8 Å². The van der Waals surface area contributed by atoms with Crippen LogP contribution >= 0.6 is 11.6 Å². The lowest BCUT2D eigenvalue weighted by molar-refractivity contribution is 0.0687. The van der Waals surface area contributed by atoms with Crippen LogP contribution in [0.15, 0.2) is 92.0 Å². The predicted octanol–water partition coefficient (Wildman–Crippen LogP) is 4.37. The molecular weight excluding hydrogens is 668 g/mol. The Hall–Kier alpha value is -6.81. The molecule has 0 aliphatic rings. The number of carboxylic acid groups (broad SMARTS) is 2. The highest BCUT2D eigenvalue weighted by Gasteiger charge is 2.19. The Kier molecular flexibility index (Phi) is 9.62. The first-order valence-corrected chi connectivity index (χ1v) is 15.2. The van der Waals surface area contributed by atoms with Crippen molar-refractivity contribution in [3.63, 3.8) is 0 Å². The third-order valence-electron chi connectivity index (χ3n) is 7.44. The number of amides is 2. The number of nitrogens with one attached hydrogen (secondary N) is 2. The zero-order valence-electron chi connectivity index (χ0n) is 25.8. The second-order valence-corrected chi connectivity index (χ2v) is 11.1. The molecule has 0 bridgehead atoms. The lowest BCUT2D eigenvalue weighted by Crippen LogP contribution is -2.17. The highest BCUT2D eigenvalue weighted by molar-refractivity contribution is 6.32. The van der Waals surface area contributed by atoms with Crippen LogP contribution in [0.5, 0.6) is 0 Å². The van der Waals surface area contributed by atoms with Crippen LogP contribution in [0.25, 0.3) is 11.6 Å². The van der Waals surface area contributed by atoms with Gasteiger partial charge in [0.05, 0.1) is 22.5 Å². The molecule has 2 amide bonds. The average molecular weight is 693 g/mol. The summed E-state index contributed by atoms with van der Waals surface area (Å²) in [6, 6.07) is 13.4. The van der Waals surface area contributed by atoms with E-state index < -0.39 is 23.8 Å². The van der Waals surface area contributed by atoms with Crippen molar-refractivity contribution in [2.45, 2.75) is 19.3 Å². The lowest BCUT2D eigenvalue weighted by atomic mass is 10.00. The quantitative estimate of drug-likeness (QED) is 0.140. The molecule has 0 atom stereocenters. The summed E-state index contributed by atoms with van der Waals surface area (Å²) >= 11 is 6.45. The van der Waals surface area contributed by atoms with Crippen molar-refractivity contribution >= 4 is 46.7 Å². The van der Waals surface area contributed by atoms with Gasteiger partial charge in [-0.1, -0.05) is 17.7 Å². The molecule has 0 unspecified atom stereocenters. The molecule has 6 rings (SSSR count). The van der Waals surface area contributed by atoms with Gasteiger partial charge in [-0.25, -0.2) is 19.6 Å². The topological polar surface area (TPSA) is 220 Å². The second kappa shape index (κ2) is 14.5. The van der Waals surface area contributed by atoms with E-state index in [1.54, 1.807) is 58.2 Å². The molecular formula is C33H25ClN10O6. The molecule has 0 aliphatic carbocycles. The van der Waals surface area contributed by atoms with Crippen LogP contribution in [0.4, 0.5) is 11.4 Å². The van der Waals surface area contributed by atoms with E-state index in [1.807, 2.05) is 0 Å². The number of hydrogen-bond acceptors (Lipinski definition) is 10. The van der Waals surface area contributed by atoms with Gasteiger partial charge in [0.15, 0.2) is 23.0 Å². The Bertz CT molecular complexity index is 2190. The molecule has 50 heavy (non-hydrogen) atoms. The van der Waals surface area contributed by atoms with Crippen molar-refractivity contribution in [3.05, 3.63) is 131 Å². The van der Waals surface area contributed by atoms with Crippen molar-refractivity contribution in [2.75, 3.05) is 10.6 Å². The number of imidazole rings is 2. The van der Waals surface area contributed by atoms with Crippen LogP contribution in [-0.2, 0) is 12.8 Å². The Morgan fingerprint density at radius 3 is 1.70 bits per heavy atom. The first kappa shape index (κ1) is 33.1. The molecule has 4 aromatic heterocycles. The van der Waals surface area contributed by atoms with Crippen LogP contribution in [0.1, 0.15) is 59.2 Å². The van der Waals surface area contributed by atoms with E-state index in [9.17, 15) is 29.4 Å². The summed E-state index contributed by atoms with van der Waals surface area (Å²) < 4.78 is 3.23. The van der Waals surface area contributed by atoms with E-state index in [-0.39, 0.29) is 38.9 Å². The summed E-state index contributed by atoms with van der Waals surface area (Å²) in [7, 11) is 0. The van der Waals surface area contributed by atoms with Crippen LogP contribution in [-0.4, -0.2) is 73.5 Å². The fourth-order valence-corrected chi connectivity index (χ4v) is 5.20. The van der Waals surface area contributed by atoms with Crippen molar-refractivity contribution in [1.82, 2.24) is 39.5 Å². The van der Waals surface area contributed by atoms with E-state index >= 15 is 0 Å². The zero-order chi connectivity index (χ0) is 35.2. The molecule has 0 aliphatic heterocycles. The number of benzene rings is 2. The van der Waals surface area contributed by atoms with Gasteiger partial charge in [-0.3, -0.25) is 18.7 Å². The predicted molar refractivity (Wildman–Crippen MR) is 178 cm³/mol. The van der Waals surface area contributed by atoms with Gasteiger partial charge >= 0.3 is 11.9 Å². The maximum absolute atomic E-state index is 13.0. The number of hydrogen-bond donors (Lipinski definition) is 4. The average Bonchev–Trinajstić information content (AvgIpc) is 3.85. The zero-order valence-corrected chi connectivity index (χ0v) is 26.5. The van der Waals surface area contributed by atoms with Crippen LogP contribution in [0, 0.1) is 0 Å². The fraction of sp³-hybridized carbons (Fsp3) is 0.0909. The smallest absolute Gasteiger partial charge is 0.337 e. The number of carboxylic acids is 2. The first-order valence-electron chi connectivity index (χ1n) is 14.8. The van der Waals surface area contributed by atoms with Gasteiger partial charge in [0.1, 0.15) is 12.7 Å². The van der Waals surface area contributed by atoms with Gasteiger partial charge in [0.25, 0.3) is 11.8 Å². The maximum atomic E-state index is 13.0. The van der Waals surface area contributed by atoms with Gasteiger partial charge < -0.3 is 20.8 Å². The highest BCUT2D eigenvalue weighted by atomic mass is 35.5. The minimum atomic E-state index is -1.29. The molecule has 250 valence electrons. The van der Waals surface area contributed by atoms with E-state index in [4.69, 9.17) is 11.6 Å². The van der Waals surface area contributed by atoms with Gasteiger partial charge in [0.2, 0.25) is 0 Å². The Morgan fingerprint density at radius 1 is 0.660 bits per heavy atom. The number of carbonyl (C=O) groups excluding carboxylic acids is 2. The van der Waals surface area contributed by atoms with E-state index in [2.05, 4.69) is 41.0 Å². The third kappa shape index (κ3) is 7.50. The molecule has 0 saturated heterocycles. The Labute approximate surface area is 287 Å². The minimum Gasteiger partial charge on any atom is -0.478 e. The standard InChI is InChI=1S/C33H25ClN10O6/c34-23-16-22(33(49)50)27(38-31(46)25-7-9-29(42-40-25)44-13-11-36-18-44)15-20(23)3-1-2-19-4-5-21(32(47)48)26(14-19)37-30(45)24-6-8-28(41-39-24)43-12-10-35-17-43/h4-18H,1-3H2,(H,37,45)(H,38,46)(H,47,48)(H,49,50). The van der Waals surface area contributed by atoms with Crippen LogP contribution in [0.3, 0.4) is 0 Å². The number of halogens is 1. The van der Waals surface area contributed by atoms with Crippen molar-refractivity contribution in [1.29, 1.82) is 0 Å². The molecule has 17 heteroatoms. The molecule has 0 radical (unpaired) electrons. The van der Waals surface area contributed by atoms with Crippen LogP contribution < -0.4 is 10.6 Å². The number of aromatic carboxylic acids is 2. The van der Waals surface area contributed by atoms with Crippen LogP contribution in [0.2, 0.25) is 5.02 Å². The molecule has 2 aromatic carbocycles. The summed E-state index contributed by atoms with van der Waals surface area (Å²) in [4.78, 5) is 57.7. The van der Waals surface area contributed by atoms with Crippen molar-refractivity contribution < 1.29 is 29.4 Å². The number of nitrogens with zero attached hydrogens (tertiary/aromatic N) is 8. The first-order chi connectivity index (χ1) is 24.2. The Morgan fingerprint density at radius 2 is 1.22 bits per heavy atom. The van der Waals surface area contributed by atoms with Gasteiger partial charge in [-0.2, -0.15) is 0 Å². The molecule has 16 nitrogen and oxygen atoms in total. The number of aryl methyl sites for hydroxylation is 2. The van der Waals surface area contributed by atoms with Crippen molar-refractivity contribution in [3.8, 4) is 11.6 Å². The summed E-state index contributed by atoms with van der Waals surface area (Å²) in [6.07, 6.45) is 10.9. The molecule has 4 N–H and O–H groups in total. The largest absolute Gasteiger partial charge is 0.478 e. The number of anilines is 2. The maximum Gasteiger partial charge on any atom is 0.337 e. The van der Waals surface area contributed by atoms with Crippen molar-refractivity contribution in [2.24, 2.45) is 0 Å². The molecule has 0 spiro atoms. The normalized spacial score (nSPS) is 10.8. The number of rotatable bonds is 12. The minimum absolute atomic E-state index is 0.0171. The molecule has 6 aromatic rings. The lowest BCUT2D eigenvalue weighted by Gasteiger charge is -2.13. The second-order valence-electron chi connectivity index (χ2n) is 10.7. The summed E-state index contributed by atoms with van der Waals surface area (Å²) in [5.41, 5.74) is 1.03. The van der Waals surface area contributed by atoms with Gasteiger partial charge in [-0.15, -0.1) is 20.4 Å². The summed E-state index contributed by atoms with van der Waals surface area (Å²) in [6.45, 7) is 0. The van der Waals surface area contributed by atoms with E-state index in [0.29, 0.717) is 36.5 Å². The fourth-order valence-electron chi connectivity index (χ4n) is 4.94. The highest BCUT2D eigenvalue weighted by Crippen LogP contribution is 2.28. The summed E-state index contributed by atoms with van der Waals surface area (Å²) in [5.74, 6) is -2.94. The monoisotopic (exact) mass is 692 g/mol. The summed E-state index contributed by atoms with van der Waals surface area (Å²) in [5, 5.41) is 40.8. The number of carbonyl (C=O) groups is 4.